The fourth-order valence-electron chi connectivity index (χ4n) is 5.09. The van der Waals surface area contributed by atoms with Crippen LogP contribution in [0, 0.1) is 12.8 Å². The SMILES string of the molecule is COc1cc([C@H]2CC(=O)c3c([nH]c(C(=O)O[C@H]4CCC[C@@H]4C)c3C)C2)cc(OC)c1OC. The van der Waals surface area contributed by atoms with Gasteiger partial charge in [0.1, 0.15) is 11.8 Å². The first-order valence-electron chi connectivity index (χ1n) is 11.1. The van der Waals surface area contributed by atoms with Crippen LogP contribution in [0.15, 0.2) is 12.1 Å². The molecular weight excluding hydrogens is 410 g/mol. The number of rotatable bonds is 6. The van der Waals surface area contributed by atoms with Gasteiger partial charge >= 0.3 is 5.97 Å². The molecule has 0 saturated heterocycles. The first kappa shape index (κ1) is 22.2. The van der Waals surface area contributed by atoms with E-state index in [0.717, 1.165) is 30.5 Å². The first-order valence-corrected chi connectivity index (χ1v) is 11.1. The Bertz CT molecular complexity index is 1010. The molecule has 4 rings (SSSR count). The summed E-state index contributed by atoms with van der Waals surface area (Å²) >= 11 is 0. The molecule has 2 aromatic rings. The molecular formula is C25H31NO6. The van der Waals surface area contributed by atoms with Crippen molar-refractivity contribution in [3.8, 4) is 17.2 Å². The Kier molecular flexibility index (Phi) is 6.17. The molecule has 1 aromatic carbocycles. The number of aromatic nitrogens is 1. The highest BCUT2D eigenvalue weighted by Crippen LogP contribution is 2.43. The highest BCUT2D eigenvalue weighted by Gasteiger charge is 2.34. The van der Waals surface area contributed by atoms with E-state index in [1.54, 1.807) is 21.3 Å². The van der Waals surface area contributed by atoms with Crippen molar-refractivity contribution >= 4 is 11.8 Å². The fourth-order valence-corrected chi connectivity index (χ4v) is 5.09. The van der Waals surface area contributed by atoms with Crippen LogP contribution in [0.3, 0.4) is 0 Å². The quantitative estimate of drug-likeness (QED) is 0.659. The van der Waals surface area contributed by atoms with E-state index in [4.69, 9.17) is 18.9 Å². The first-order chi connectivity index (χ1) is 15.4. The lowest BCUT2D eigenvalue weighted by Crippen LogP contribution is -2.21. The van der Waals surface area contributed by atoms with Gasteiger partial charge in [-0.3, -0.25) is 4.79 Å². The fraction of sp³-hybridized carbons (Fsp3) is 0.520. The van der Waals surface area contributed by atoms with Gasteiger partial charge in [0.25, 0.3) is 0 Å². The molecule has 1 saturated carbocycles. The molecule has 172 valence electrons. The molecule has 7 heteroatoms. The molecule has 1 N–H and O–H groups in total. The number of H-pyrrole nitrogens is 1. The molecule has 0 bridgehead atoms. The number of Topliss-reactive ketones (excluding diaryl/α,β-unsaturated/α-hetero) is 1. The van der Waals surface area contributed by atoms with Crippen LogP contribution in [0.1, 0.15) is 76.2 Å². The highest BCUT2D eigenvalue weighted by molar-refractivity contribution is 6.03. The molecule has 0 unspecified atom stereocenters. The van der Waals surface area contributed by atoms with Gasteiger partial charge in [-0.1, -0.05) is 6.92 Å². The number of ketones is 1. The van der Waals surface area contributed by atoms with Crippen molar-refractivity contribution in [3.05, 3.63) is 40.2 Å². The van der Waals surface area contributed by atoms with E-state index in [1.807, 2.05) is 19.1 Å². The van der Waals surface area contributed by atoms with E-state index in [2.05, 4.69) is 11.9 Å². The van der Waals surface area contributed by atoms with Gasteiger partial charge in [-0.2, -0.15) is 0 Å². The van der Waals surface area contributed by atoms with Gasteiger partial charge in [-0.25, -0.2) is 4.79 Å². The van der Waals surface area contributed by atoms with E-state index in [-0.39, 0.29) is 23.8 Å². The lowest BCUT2D eigenvalue weighted by atomic mass is 9.81. The number of hydrogen-bond acceptors (Lipinski definition) is 6. The molecule has 1 heterocycles. The summed E-state index contributed by atoms with van der Waals surface area (Å²) in [5, 5.41) is 0. The average molecular weight is 442 g/mol. The van der Waals surface area contributed by atoms with E-state index in [9.17, 15) is 9.59 Å². The summed E-state index contributed by atoms with van der Waals surface area (Å²) in [6.45, 7) is 3.94. The maximum atomic E-state index is 13.1. The van der Waals surface area contributed by atoms with Gasteiger partial charge < -0.3 is 23.9 Å². The largest absolute Gasteiger partial charge is 0.493 e. The number of esters is 1. The Hall–Kier alpha value is -2.96. The minimum Gasteiger partial charge on any atom is -0.493 e. The summed E-state index contributed by atoms with van der Waals surface area (Å²) in [6, 6.07) is 3.77. The lowest BCUT2D eigenvalue weighted by molar-refractivity contribution is 0.0219. The standard InChI is InChI=1S/C25H31NO6/c1-13-7-6-8-19(13)32-25(28)23-14(2)22-17(26-23)9-15(10-18(22)27)16-11-20(29-3)24(31-5)21(12-16)30-4/h11-13,15,19,26H,6-10H2,1-5H3/t13-,15+,19-/m0/s1. The van der Waals surface area contributed by atoms with Crippen LogP contribution >= 0.6 is 0 Å². The number of benzene rings is 1. The van der Waals surface area contributed by atoms with Crippen LogP contribution < -0.4 is 14.2 Å². The Morgan fingerprint density at radius 2 is 1.72 bits per heavy atom. The smallest absolute Gasteiger partial charge is 0.355 e. The van der Waals surface area contributed by atoms with Gasteiger partial charge in [0.2, 0.25) is 5.75 Å². The molecule has 7 nitrogen and oxygen atoms in total. The monoisotopic (exact) mass is 441 g/mol. The summed E-state index contributed by atoms with van der Waals surface area (Å²) in [5.41, 5.74) is 3.41. The van der Waals surface area contributed by atoms with E-state index >= 15 is 0 Å². The number of aromatic amines is 1. The topological polar surface area (TPSA) is 86.9 Å². The molecule has 1 aromatic heterocycles. The molecule has 3 atom stereocenters. The lowest BCUT2D eigenvalue weighted by Gasteiger charge is -2.24. The number of carbonyl (C=O) groups excluding carboxylic acids is 2. The van der Waals surface area contributed by atoms with Gasteiger partial charge in [0.15, 0.2) is 17.3 Å². The summed E-state index contributed by atoms with van der Waals surface area (Å²) in [5.74, 6) is 1.58. The van der Waals surface area contributed by atoms with Crippen molar-refractivity contribution in [2.24, 2.45) is 5.92 Å². The van der Waals surface area contributed by atoms with Crippen molar-refractivity contribution in [1.82, 2.24) is 4.98 Å². The Morgan fingerprint density at radius 1 is 1.03 bits per heavy atom. The van der Waals surface area contributed by atoms with Crippen molar-refractivity contribution < 1.29 is 28.5 Å². The summed E-state index contributed by atoms with van der Waals surface area (Å²) in [7, 11) is 4.70. The number of ether oxygens (including phenoxy) is 4. The molecule has 2 aliphatic rings. The summed E-state index contributed by atoms with van der Waals surface area (Å²) < 4.78 is 22.1. The van der Waals surface area contributed by atoms with E-state index in [1.165, 1.54) is 0 Å². The minimum absolute atomic E-state index is 0.0204. The second-order valence-corrected chi connectivity index (χ2v) is 8.82. The molecule has 0 aliphatic heterocycles. The van der Waals surface area contributed by atoms with Gasteiger partial charge in [-0.05, 0) is 67.7 Å². The van der Waals surface area contributed by atoms with Gasteiger partial charge in [-0.15, -0.1) is 0 Å². The number of nitrogens with one attached hydrogen (secondary N) is 1. The predicted molar refractivity (Wildman–Crippen MR) is 119 cm³/mol. The van der Waals surface area contributed by atoms with Gasteiger partial charge in [0.05, 0.1) is 21.3 Å². The maximum Gasteiger partial charge on any atom is 0.355 e. The second-order valence-electron chi connectivity index (χ2n) is 8.82. The Morgan fingerprint density at radius 3 is 2.28 bits per heavy atom. The zero-order valence-corrected chi connectivity index (χ0v) is 19.4. The summed E-state index contributed by atoms with van der Waals surface area (Å²) in [6.07, 6.45) is 3.95. The number of carbonyl (C=O) groups is 2. The molecule has 32 heavy (non-hydrogen) atoms. The Labute approximate surface area is 188 Å². The maximum absolute atomic E-state index is 13.1. The number of hydrogen-bond donors (Lipinski definition) is 1. The number of fused-ring (bicyclic) bond motifs is 1. The molecule has 1 fully saturated rings. The average Bonchev–Trinajstić information content (AvgIpc) is 3.35. The molecule has 0 spiro atoms. The van der Waals surface area contributed by atoms with Crippen molar-refractivity contribution in [1.29, 1.82) is 0 Å². The predicted octanol–water partition coefficient (Wildman–Crippen LogP) is 4.61. The molecule has 2 aliphatic carbocycles. The van der Waals surface area contributed by atoms with Crippen molar-refractivity contribution in [2.45, 2.75) is 58.0 Å². The van der Waals surface area contributed by atoms with Crippen LogP contribution in [0.2, 0.25) is 0 Å². The number of methoxy groups -OCH3 is 3. The van der Waals surface area contributed by atoms with E-state index in [0.29, 0.717) is 52.8 Å². The van der Waals surface area contributed by atoms with Crippen LogP contribution in [0.4, 0.5) is 0 Å². The van der Waals surface area contributed by atoms with Gasteiger partial charge in [0, 0.05) is 17.7 Å². The van der Waals surface area contributed by atoms with Crippen LogP contribution in [-0.2, 0) is 11.2 Å². The van der Waals surface area contributed by atoms with Crippen LogP contribution in [0.25, 0.3) is 0 Å². The second kappa shape index (κ2) is 8.88. The Balaban J connectivity index is 1.62. The van der Waals surface area contributed by atoms with Crippen molar-refractivity contribution in [3.63, 3.8) is 0 Å². The van der Waals surface area contributed by atoms with Crippen molar-refractivity contribution in [2.75, 3.05) is 21.3 Å². The third-order valence-electron chi connectivity index (χ3n) is 6.89. The molecule has 0 amide bonds. The van der Waals surface area contributed by atoms with Crippen LogP contribution in [0.5, 0.6) is 17.2 Å². The van der Waals surface area contributed by atoms with Crippen LogP contribution in [-0.4, -0.2) is 44.2 Å². The third kappa shape index (κ3) is 3.85. The molecule has 0 radical (unpaired) electrons. The zero-order chi connectivity index (χ0) is 23.0. The zero-order valence-electron chi connectivity index (χ0n) is 19.4. The summed E-state index contributed by atoms with van der Waals surface area (Å²) in [4.78, 5) is 29.2. The minimum atomic E-state index is -0.368. The van der Waals surface area contributed by atoms with E-state index < -0.39 is 0 Å². The third-order valence-corrected chi connectivity index (χ3v) is 6.89. The highest BCUT2D eigenvalue weighted by atomic mass is 16.5. The normalized spacial score (nSPS) is 22.4.